The van der Waals surface area contributed by atoms with Gasteiger partial charge in [0.25, 0.3) is 0 Å². The Kier molecular flexibility index (Phi) is 3.46. The van der Waals surface area contributed by atoms with Gasteiger partial charge in [-0.15, -0.1) is 5.10 Å². The van der Waals surface area contributed by atoms with E-state index in [1.54, 1.807) is 7.11 Å². The van der Waals surface area contributed by atoms with Crippen molar-refractivity contribution < 1.29 is 10.1 Å². The van der Waals surface area contributed by atoms with Gasteiger partial charge in [0.15, 0.2) is 0 Å². The summed E-state index contributed by atoms with van der Waals surface area (Å²) in [7, 11) is 1.68. The van der Waals surface area contributed by atoms with Crippen molar-refractivity contribution in [3.63, 3.8) is 0 Å². The van der Waals surface area contributed by atoms with Crippen LogP contribution in [0.2, 0.25) is 0 Å². The van der Waals surface area contributed by atoms with E-state index in [1.165, 1.54) is 19.4 Å². The van der Waals surface area contributed by atoms with E-state index in [9.17, 15) is 0 Å². The fourth-order valence-corrected chi connectivity index (χ4v) is 2.60. The smallest absolute Gasteiger partial charge is 0.128 e. The highest BCUT2D eigenvalue weighted by Gasteiger charge is 2.20. The van der Waals surface area contributed by atoms with Crippen LogP contribution >= 0.6 is 0 Å². The summed E-state index contributed by atoms with van der Waals surface area (Å²) in [5.74, 6) is 0.838. The Hall–Kier alpha value is -1.88. The molecule has 100 valence electrons. The number of para-hydroxylation sites is 1. The van der Waals surface area contributed by atoms with E-state index in [1.807, 2.05) is 35.1 Å². The van der Waals surface area contributed by atoms with Crippen LogP contribution in [-0.2, 0) is 0 Å². The average molecular weight is 259 g/mol. The number of nitrogens with two attached hydrogens (primary N) is 1. The molecule has 1 aromatic carbocycles. The van der Waals surface area contributed by atoms with E-state index in [4.69, 9.17) is 4.74 Å². The fraction of sp³-hybridized carbons (Fsp3) is 0.429. The number of nitrogens with zero attached hydrogens (tertiary/aromatic N) is 3. The van der Waals surface area contributed by atoms with E-state index < -0.39 is 0 Å². The minimum atomic E-state index is 0.463. The minimum absolute atomic E-state index is 0.463. The lowest BCUT2D eigenvalue weighted by Crippen LogP contribution is -2.87. The van der Waals surface area contributed by atoms with Gasteiger partial charge in [0, 0.05) is 5.56 Å². The van der Waals surface area contributed by atoms with Gasteiger partial charge in [-0.25, -0.2) is 4.68 Å². The third-order valence-corrected chi connectivity index (χ3v) is 3.65. The Morgan fingerprint density at radius 2 is 2.26 bits per heavy atom. The first-order chi connectivity index (χ1) is 9.38. The molecule has 5 heteroatoms. The van der Waals surface area contributed by atoms with Crippen LogP contribution in [0.4, 0.5) is 0 Å². The molecule has 1 aromatic heterocycles. The number of ether oxygens (including phenoxy) is 1. The molecule has 0 bridgehead atoms. The van der Waals surface area contributed by atoms with Crippen LogP contribution in [0, 0.1) is 0 Å². The van der Waals surface area contributed by atoms with Gasteiger partial charge < -0.3 is 10.1 Å². The zero-order valence-corrected chi connectivity index (χ0v) is 11.1. The van der Waals surface area contributed by atoms with E-state index in [0.717, 1.165) is 23.6 Å². The minimum Gasteiger partial charge on any atom is -0.496 e. The highest BCUT2D eigenvalue weighted by atomic mass is 16.5. The predicted octanol–water partition coefficient (Wildman–Crippen LogP) is 0.852. The maximum Gasteiger partial charge on any atom is 0.128 e. The lowest BCUT2D eigenvalue weighted by atomic mass is 10.1. The average Bonchev–Trinajstić information content (AvgIpc) is 2.98. The summed E-state index contributed by atoms with van der Waals surface area (Å²) in [6.07, 6.45) is 4.46. The van der Waals surface area contributed by atoms with Gasteiger partial charge in [-0.1, -0.05) is 17.3 Å². The first kappa shape index (κ1) is 12.2. The summed E-state index contributed by atoms with van der Waals surface area (Å²) < 4.78 is 7.37. The largest absolute Gasteiger partial charge is 0.496 e. The molecule has 0 spiro atoms. The maximum absolute atomic E-state index is 5.37. The quantitative estimate of drug-likeness (QED) is 0.889. The SMILES string of the molecule is COc1ccccc1-c1cn(C2CCC[NH2+]C2)nn1. The van der Waals surface area contributed by atoms with Crippen molar-refractivity contribution in [1.82, 2.24) is 15.0 Å². The Bertz CT molecular complexity index is 546. The molecule has 0 aliphatic carbocycles. The molecule has 2 heterocycles. The van der Waals surface area contributed by atoms with Crippen LogP contribution < -0.4 is 10.1 Å². The van der Waals surface area contributed by atoms with Crippen LogP contribution in [0.15, 0.2) is 30.5 Å². The zero-order chi connectivity index (χ0) is 13.1. The Morgan fingerprint density at radius 3 is 3.05 bits per heavy atom. The summed E-state index contributed by atoms with van der Waals surface area (Å²) in [5, 5.41) is 10.9. The lowest BCUT2D eigenvalue weighted by molar-refractivity contribution is -0.667. The van der Waals surface area contributed by atoms with E-state index in [2.05, 4.69) is 15.6 Å². The Labute approximate surface area is 112 Å². The monoisotopic (exact) mass is 259 g/mol. The third-order valence-electron chi connectivity index (χ3n) is 3.65. The molecule has 2 aromatic rings. The van der Waals surface area contributed by atoms with Gasteiger partial charge in [-0.05, 0) is 25.0 Å². The number of piperidine rings is 1. The highest BCUT2D eigenvalue weighted by molar-refractivity contribution is 5.65. The van der Waals surface area contributed by atoms with Crippen molar-refractivity contribution in [3.8, 4) is 17.0 Å². The first-order valence-corrected chi connectivity index (χ1v) is 6.75. The molecular formula is C14H19N4O+. The van der Waals surface area contributed by atoms with E-state index in [0.29, 0.717) is 6.04 Å². The maximum atomic E-state index is 5.37. The molecule has 1 atom stereocenters. The molecule has 0 saturated carbocycles. The summed E-state index contributed by atoms with van der Waals surface area (Å²) in [4.78, 5) is 0. The number of hydrogen-bond donors (Lipinski definition) is 1. The van der Waals surface area contributed by atoms with Gasteiger partial charge in [-0.2, -0.15) is 0 Å². The number of aromatic nitrogens is 3. The van der Waals surface area contributed by atoms with Gasteiger partial charge in [-0.3, -0.25) is 0 Å². The second-order valence-electron chi connectivity index (χ2n) is 4.89. The normalized spacial score (nSPS) is 19.3. The van der Waals surface area contributed by atoms with Crippen molar-refractivity contribution in [1.29, 1.82) is 0 Å². The number of benzene rings is 1. The Morgan fingerprint density at radius 1 is 1.37 bits per heavy atom. The molecule has 0 radical (unpaired) electrons. The molecule has 1 saturated heterocycles. The second-order valence-corrected chi connectivity index (χ2v) is 4.89. The topological polar surface area (TPSA) is 56.5 Å². The summed E-state index contributed by atoms with van der Waals surface area (Å²) in [6, 6.07) is 8.38. The van der Waals surface area contributed by atoms with Crippen molar-refractivity contribution in [3.05, 3.63) is 30.5 Å². The zero-order valence-electron chi connectivity index (χ0n) is 11.1. The predicted molar refractivity (Wildman–Crippen MR) is 71.9 cm³/mol. The lowest BCUT2D eigenvalue weighted by Gasteiger charge is -2.19. The first-order valence-electron chi connectivity index (χ1n) is 6.75. The molecular weight excluding hydrogens is 240 g/mol. The molecule has 1 fully saturated rings. The molecule has 1 aliphatic rings. The second kappa shape index (κ2) is 5.40. The standard InChI is InChI=1S/C14H18N4O/c1-19-14-7-3-2-6-12(14)13-10-18(17-16-13)11-5-4-8-15-9-11/h2-3,6-7,10-11,15H,4-5,8-9H2,1H3/p+1. The molecule has 3 rings (SSSR count). The van der Waals surface area contributed by atoms with Gasteiger partial charge in [0.1, 0.15) is 17.5 Å². The summed E-state index contributed by atoms with van der Waals surface area (Å²) in [6.45, 7) is 2.32. The van der Waals surface area contributed by atoms with Crippen molar-refractivity contribution in [2.24, 2.45) is 0 Å². The van der Waals surface area contributed by atoms with E-state index >= 15 is 0 Å². The molecule has 1 aliphatic heterocycles. The van der Waals surface area contributed by atoms with Crippen LogP contribution in [0.3, 0.4) is 0 Å². The molecule has 0 amide bonds. The summed E-state index contributed by atoms with van der Waals surface area (Å²) >= 11 is 0. The molecule has 19 heavy (non-hydrogen) atoms. The molecule has 5 nitrogen and oxygen atoms in total. The van der Waals surface area contributed by atoms with Crippen molar-refractivity contribution >= 4 is 0 Å². The van der Waals surface area contributed by atoms with Gasteiger partial charge in [0.2, 0.25) is 0 Å². The van der Waals surface area contributed by atoms with E-state index in [-0.39, 0.29) is 0 Å². The molecule has 2 N–H and O–H groups in total. The number of methoxy groups -OCH3 is 1. The Balaban J connectivity index is 1.88. The van der Waals surface area contributed by atoms with Gasteiger partial charge in [0.05, 0.1) is 26.4 Å². The highest BCUT2D eigenvalue weighted by Crippen LogP contribution is 2.28. The fourth-order valence-electron chi connectivity index (χ4n) is 2.60. The van der Waals surface area contributed by atoms with Gasteiger partial charge >= 0.3 is 0 Å². The summed E-state index contributed by atoms with van der Waals surface area (Å²) in [5.41, 5.74) is 1.87. The van der Waals surface area contributed by atoms with Crippen LogP contribution in [0.25, 0.3) is 11.3 Å². The van der Waals surface area contributed by atoms with Crippen LogP contribution in [0.5, 0.6) is 5.75 Å². The van der Waals surface area contributed by atoms with Crippen LogP contribution in [0.1, 0.15) is 18.9 Å². The number of quaternary nitrogens is 1. The van der Waals surface area contributed by atoms with Crippen molar-refractivity contribution in [2.75, 3.05) is 20.2 Å². The third kappa shape index (κ3) is 2.46. The van der Waals surface area contributed by atoms with Crippen LogP contribution in [-0.4, -0.2) is 35.2 Å². The number of rotatable bonds is 3. The molecule has 1 unspecified atom stereocenters. The number of hydrogen-bond acceptors (Lipinski definition) is 3. The van der Waals surface area contributed by atoms with Crippen molar-refractivity contribution in [2.45, 2.75) is 18.9 Å².